The number of imidazole rings is 1. The molecule has 1 aromatic heterocycles. The molecule has 4 nitrogen and oxygen atoms in total. The van der Waals surface area contributed by atoms with Crippen molar-refractivity contribution in [1.29, 1.82) is 0 Å². The van der Waals surface area contributed by atoms with Crippen molar-refractivity contribution in [3.05, 3.63) is 65.5 Å². The summed E-state index contributed by atoms with van der Waals surface area (Å²) in [5.41, 5.74) is 3.39. The first-order valence-electron chi connectivity index (χ1n) is 8.41. The lowest BCUT2D eigenvalue weighted by Crippen LogP contribution is -2.10. The molecule has 3 rings (SSSR count). The molecule has 4 heteroatoms. The molecule has 0 saturated heterocycles. The van der Waals surface area contributed by atoms with Crippen LogP contribution >= 0.6 is 0 Å². The Morgan fingerprint density at radius 2 is 1.88 bits per heavy atom. The van der Waals surface area contributed by atoms with Gasteiger partial charge in [0.1, 0.15) is 5.82 Å². The zero-order chi connectivity index (χ0) is 17.1. The quantitative estimate of drug-likeness (QED) is 0.716. The second-order valence-electron chi connectivity index (χ2n) is 6.06. The number of aromatic carboxylic acids is 1. The number of para-hydroxylation sites is 2. The smallest absolute Gasteiger partial charge is 0.335 e. The van der Waals surface area contributed by atoms with Crippen LogP contribution in [0.25, 0.3) is 11.0 Å². The van der Waals surface area contributed by atoms with Gasteiger partial charge in [-0.2, -0.15) is 0 Å². The number of nitrogens with zero attached hydrogens (tertiary/aromatic N) is 2. The fourth-order valence-corrected chi connectivity index (χ4v) is 3.21. The van der Waals surface area contributed by atoms with E-state index in [2.05, 4.69) is 24.5 Å². The SMILES string of the molecule is CCC(CC)c1nc2ccccc2n1Cc1cccc(C(=O)O)c1. The maximum atomic E-state index is 11.2. The van der Waals surface area contributed by atoms with Gasteiger partial charge in [0.15, 0.2) is 0 Å². The number of fused-ring (bicyclic) bond motifs is 1. The van der Waals surface area contributed by atoms with E-state index in [0.29, 0.717) is 18.0 Å². The van der Waals surface area contributed by atoms with Crippen molar-refractivity contribution in [3.8, 4) is 0 Å². The van der Waals surface area contributed by atoms with Crippen LogP contribution in [-0.2, 0) is 6.54 Å². The highest BCUT2D eigenvalue weighted by Crippen LogP contribution is 2.27. The molecule has 0 atom stereocenters. The fraction of sp³-hybridized carbons (Fsp3) is 0.300. The van der Waals surface area contributed by atoms with E-state index in [1.165, 1.54) is 0 Å². The number of carboxylic acid groups (broad SMARTS) is 1. The Kier molecular flexibility index (Phi) is 4.65. The summed E-state index contributed by atoms with van der Waals surface area (Å²) in [4.78, 5) is 16.1. The molecule has 0 bridgehead atoms. The average molecular weight is 322 g/mol. The zero-order valence-electron chi connectivity index (χ0n) is 14.1. The summed E-state index contributed by atoms with van der Waals surface area (Å²) in [7, 11) is 0. The van der Waals surface area contributed by atoms with E-state index < -0.39 is 5.97 Å². The summed E-state index contributed by atoms with van der Waals surface area (Å²) in [5.74, 6) is 0.592. The second kappa shape index (κ2) is 6.87. The summed E-state index contributed by atoms with van der Waals surface area (Å²) >= 11 is 0. The van der Waals surface area contributed by atoms with Crippen molar-refractivity contribution in [2.24, 2.45) is 0 Å². The van der Waals surface area contributed by atoms with Gasteiger partial charge in [0.25, 0.3) is 0 Å². The first-order chi connectivity index (χ1) is 11.6. The summed E-state index contributed by atoms with van der Waals surface area (Å²) in [6, 6.07) is 15.3. The molecule has 0 fully saturated rings. The molecule has 0 saturated carbocycles. The number of benzene rings is 2. The lowest BCUT2D eigenvalue weighted by Gasteiger charge is -2.16. The highest BCUT2D eigenvalue weighted by molar-refractivity contribution is 5.87. The van der Waals surface area contributed by atoms with Crippen LogP contribution in [0.1, 0.15) is 54.4 Å². The van der Waals surface area contributed by atoms with E-state index in [9.17, 15) is 9.90 Å². The maximum Gasteiger partial charge on any atom is 0.335 e. The summed E-state index contributed by atoms with van der Waals surface area (Å²) in [6.07, 6.45) is 2.07. The summed E-state index contributed by atoms with van der Waals surface area (Å²) < 4.78 is 2.23. The van der Waals surface area contributed by atoms with Crippen LogP contribution in [0.5, 0.6) is 0 Å². The van der Waals surface area contributed by atoms with Crippen LogP contribution in [-0.4, -0.2) is 20.6 Å². The number of hydrogen-bond donors (Lipinski definition) is 1. The molecule has 0 aliphatic heterocycles. The third-order valence-electron chi connectivity index (χ3n) is 4.55. The Morgan fingerprint density at radius 3 is 2.58 bits per heavy atom. The molecule has 2 aromatic carbocycles. The molecular formula is C20H22N2O2. The average Bonchev–Trinajstić information content (AvgIpc) is 2.95. The molecular weight excluding hydrogens is 300 g/mol. The minimum atomic E-state index is -0.896. The molecule has 0 aliphatic carbocycles. The Labute approximate surface area is 141 Å². The fourth-order valence-electron chi connectivity index (χ4n) is 3.21. The molecule has 3 aromatic rings. The number of carbonyl (C=O) groups is 1. The number of aromatic nitrogens is 2. The van der Waals surface area contributed by atoms with Crippen LogP contribution in [0.15, 0.2) is 48.5 Å². The van der Waals surface area contributed by atoms with Crippen molar-refractivity contribution in [1.82, 2.24) is 9.55 Å². The topological polar surface area (TPSA) is 55.1 Å². The predicted molar refractivity (Wildman–Crippen MR) is 95.6 cm³/mol. The lowest BCUT2D eigenvalue weighted by molar-refractivity contribution is 0.0696. The molecule has 0 aliphatic rings. The van der Waals surface area contributed by atoms with Crippen LogP contribution in [0, 0.1) is 0 Å². The van der Waals surface area contributed by atoms with E-state index in [1.54, 1.807) is 18.2 Å². The van der Waals surface area contributed by atoms with E-state index in [1.807, 2.05) is 24.3 Å². The predicted octanol–water partition coefficient (Wildman–Crippen LogP) is 4.69. The molecule has 0 unspecified atom stereocenters. The Bertz CT molecular complexity index is 863. The summed E-state index contributed by atoms with van der Waals surface area (Å²) in [5, 5.41) is 9.21. The number of rotatable bonds is 6. The van der Waals surface area contributed by atoms with Gasteiger partial charge in [-0.05, 0) is 42.7 Å². The first-order valence-corrected chi connectivity index (χ1v) is 8.41. The van der Waals surface area contributed by atoms with Gasteiger partial charge in [0, 0.05) is 12.5 Å². The normalized spacial score (nSPS) is 11.3. The lowest BCUT2D eigenvalue weighted by atomic mass is 10.0. The van der Waals surface area contributed by atoms with Gasteiger partial charge < -0.3 is 9.67 Å². The van der Waals surface area contributed by atoms with E-state index in [4.69, 9.17) is 4.98 Å². The van der Waals surface area contributed by atoms with Crippen molar-refractivity contribution >= 4 is 17.0 Å². The van der Waals surface area contributed by atoms with Crippen molar-refractivity contribution in [3.63, 3.8) is 0 Å². The highest BCUT2D eigenvalue weighted by Gasteiger charge is 2.18. The van der Waals surface area contributed by atoms with Crippen LogP contribution in [0.3, 0.4) is 0 Å². The second-order valence-corrected chi connectivity index (χ2v) is 6.06. The Morgan fingerprint density at radius 1 is 1.12 bits per heavy atom. The van der Waals surface area contributed by atoms with Crippen LogP contribution in [0.4, 0.5) is 0 Å². The largest absolute Gasteiger partial charge is 0.478 e. The molecule has 0 amide bonds. The van der Waals surface area contributed by atoms with Gasteiger partial charge in [-0.3, -0.25) is 0 Å². The highest BCUT2D eigenvalue weighted by atomic mass is 16.4. The van der Waals surface area contributed by atoms with Crippen LogP contribution in [0.2, 0.25) is 0 Å². The van der Waals surface area contributed by atoms with E-state index >= 15 is 0 Å². The third kappa shape index (κ3) is 3.04. The van der Waals surface area contributed by atoms with Gasteiger partial charge in [-0.1, -0.05) is 38.1 Å². The summed E-state index contributed by atoms with van der Waals surface area (Å²) in [6.45, 7) is 5.00. The monoisotopic (exact) mass is 322 g/mol. The Hall–Kier alpha value is -2.62. The van der Waals surface area contributed by atoms with Gasteiger partial charge >= 0.3 is 5.97 Å². The zero-order valence-corrected chi connectivity index (χ0v) is 14.1. The van der Waals surface area contributed by atoms with Gasteiger partial charge in [-0.15, -0.1) is 0 Å². The van der Waals surface area contributed by atoms with Gasteiger partial charge in [0.2, 0.25) is 0 Å². The van der Waals surface area contributed by atoms with Gasteiger partial charge in [-0.25, -0.2) is 9.78 Å². The minimum Gasteiger partial charge on any atom is -0.478 e. The van der Waals surface area contributed by atoms with Crippen molar-refractivity contribution in [2.75, 3.05) is 0 Å². The molecule has 1 N–H and O–H groups in total. The molecule has 1 heterocycles. The third-order valence-corrected chi connectivity index (χ3v) is 4.55. The standard InChI is InChI=1S/C20H22N2O2/c1-3-15(4-2)19-21-17-10-5-6-11-18(17)22(19)13-14-8-7-9-16(12-14)20(23)24/h5-12,15H,3-4,13H2,1-2H3,(H,23,24). The molecule has 24 heavy (non-hydrogen) atoms. The molecule has 0 spiro atoms. The van der Waals surface area contributed by atoms with Crippen molar-refractivity contribution < 1.29 is 9.90 Å². The molecule has 0 radical (unpaired) electrons. The van der Waals surface area contributed by atoms with Crippen LogP contribution < -0.4 is 0 Å². The van der Waals surface area contributed by atoms with E-state index in [-0.39, 0.29) is 0 Å². The van der Waals surface area contributed by atoms with Crippen molar-refractivity contribution in [2.45, 2.75) is 39.2 Å². The first kappa shape index (κ1) is 16.2. The maximum absolute atomic E-state index is 11.2. The Balaban J connectivity index is 2.09. The minimum absolute atomic E-state index is 0.320. The van der Waals surface area contributed by atoms with E-state index in [0.717, 1.165) is 35.3 Å². The number of carboxylic acids is 1. The van der Waals surface area contributed by atoms with Gasteiger partial charge in [0.05, 0.1) is 16.6 Å². The number of hydrogen-bond acceptors (Lipinski definition) is 2. The molecule has 124 valence electrons.